The van der Waals surface area contributed by atoms with E-state index in [4.69, 9.17) is 4.74 Å². The van der Waals surface area contributed by atoms with Crippen molar-refractivity contribution >= 4 is 11.6 Å². The largest absolute Gasteiger partial charge is 0.496 e. The summed E-state index contributed by atoms with van der Waals surface area (Å²) < 4.78 is 31.7. The second-order valence-corrected chi connectivity index (χ2v) is 4.62. The minimum atomic E-state index is -1.02. The summed E-state index contributed by atoms with van der Waals surface area (Å²) >= 11 is 0. The molecule has 0 aliphatic heterocycles. The molecule has 4 nitrogen and oxygen atoms in total. The lowest BCUT2D eigenvalue weighted by molar-refractivity contribution is -0.115. The lowest BCUT2D eigenvalue weighted by atomic mass is 10.1. The number of anilines is 1. The fraction of sp³-hybridized carbons (Fsp3) is 0.188. The van der Waals surface area contributed by atoms with Crippen LogP contribution in [0.15, 0.2) is 36.4 Å². The Kier molecular flexibility index (Phi) is 5.06. The van der Waals surface area contributed by atoms with Crippen molar-refractivity contribution in [1.82, 2.24) is 0 Å². The van der Waals surface area contributed by atoms with Gasteiger partial charge in [0.15, 0.2) is 11.6 Å². The number of hydrogen-bond donors (Lipinski definition) is 2. The first kappa shape index (κ1) is 15.9. The Morgan fingerprint density at radius 1 is 1.23 bits per heavy atom. The second kappa shape index (κ2) is 7.00. The smallest absolute Gasteiger partial charge is 0.228 e. The highest BCUT2D eigenvalue weighted by atomic mass is 19.2. The molecule has 0 aliphatic rings. The van der Waals surface area contributed by atoms with Gasteiger partial charge in [0.25, 0.3) is 0 Å². The normalized spacial score (nSPS) is 10.4. The van der Waals surface area contributed by atoms with Gasteiger partial charge in [0.1, 0.15) is 5.75 Å². The Morgan fingerprint density at radius 2 is 2.00 bits per heavy atom. The van der Waals surface area contributed by atoms with Gasteiger partial charge in [0, 0.05) is 16.8 Å². The van der Waals surface area contributed by atoms with Gasteiger partial charge < -0.3 is 15.2 Å². The van der Waals surface area contributed by atoms with E-state index in [2.05, 4.69) is 5.32 Å². The van der Waals surface area contributed by atoms with Crippen LogP contribution in [-0.2, 0) is 17.8 Å². The van der Waals surface area contributed by atoms with Gasteiger partial charge >= 0.3 is 0 Å². The van der Waals surface area contributed by atoms with Crippen molar-refractivity contribution in [3.63, 3.8) is 0 Å². The lowest BCUT2D eigenvalue weighted by Crippen LogP contribution is -2.15. The molecule has 22 heavy (non-hydrogen) atoms. The van der Waals surface area contributed by atoms with Crippen LogP contribution in [0.2, 0.25) is 0 Å². The minimum absolute atomic E-state index is 0.0200. The van der Waals surface area contributed by atoms with Crippen molar-refractivity contribution in [2.24, 2.45) is 0 Å². The second-order valence-electron chi connectivity index (χ2n) is 4.62. The molecular weight excluding hydrogens is 292 g/mol. The zero-order chi connectivity index (χ0) is 16.1. The average molecular weight is 307 g/mol. The molecule has 116 valence electrons. The monoisotopic (exact) mass is 307 g/mol. The third-order valence-electron chi connectivity index (χ3n) is 3.12. The van der Waals surface area contributed by atoms with Gasteiger partial charge in [-0.05, 0) is 24.3 Å². The van der Waals surface area contributed by atoms with E-state index in [1.165, 1.54) is 19.2 Å². The Labute approximate surface area is 126 Å². The summed E-state index contributed by atoms with van der Waals surface area (Å²) in [5, 5.41) is 11.8. The molecule has 0 unspecified atom stereocenters. The number of benzene rings is 2. The van der Waals surface area contributed by atoms with E-state index in [1.54, 1.807) is 18.2 Å². The van der Waals surface area contributed by atoms with Crippen molar-refractivity contribution in [2.45, 2.75) is 13.0 Å². The standard InChI is InChI=1S/C16H15F2NO3/c1-22-14-6-5-12(7-11(14)9-20)19-15(21)8-10-3-2-4-13(17)16(10)18/h2-7,20H,8-9H2,1H3,(H,19,21). The molecule has 0 fully saturated rings. The number of amides is 1. The quantitative estimate of drug-likeness (QED) is 0.893. The van der Waals surface area contributed by atoms with E-state index in [0.29, 0.717) is 17.0 Å². The molecule has 0 radical (unpaired) electrons. The van der Waals surface area contributed by atoms with Gasteiger partial charge in [0.05, 0.1) is 20.1 Å². The molecule has 1 amide bonds. The van der Waals surface area contributed by atoms with Crippen LogP contribution in [-0.4, -0.2) is 18.1 Å². The van der Waals surface area contributed by atoms with Crippen LogP contribution in [0.1, 0.15) is 11.1 Å². The number of carbonyl (C=O) groups excluding carboxylic acids is 1. The predicted octanol–water partition coefficient (Wildman–Crippen LogP) is 2.65. The highest BCUT2D eigenvalue weighted by Gasteiger charge is 2.12. The summed E-state index contributed by atoms with van der Waals surface area (Å²) in [5.41, 5.74) is 0.928. The van der Waals surface area contributed by atoms with E-state index < -0.39 is 17.5 Å². The fourth-order valence-electron chi connectivity index (χ4n) is 2.04. The third kappa shape index (κ3) is 3.59. The third-order valence-corrected chi connectivity index (χ3v) is 3.12. The van der Waals surface area contributed by atoms with Crippen molar-refractivity contribution in [2.75, 3.05) is 12.4 Å². The number of aliphatic hydroxyl groups is 1. The summed E-state index contributed by atoms with van der Waals surface area (Å²) in [6.45, 7) is -0.245. The molecule has 0 saturated carbocycles. The number of halogens is 2. The number of ether oxygens (including phenoxy) is 1. The number of aliphatic hydroxyl groups excluding tert-OH is 1. The van der Waals surface area contributed by atoms with Crippen LogP contribution in [0.25, 0.3) is 0 Å². The topological polar surface area (TPSA) is 58.6 Å². The predicted molar refractivity (Wildman–Crippen MR) is 77.6 cm³/mol. The van der Waals surface area contributed by atoms with Crippen molar-refractivity contribution in [3.8, 4) is 5.75 Å². The van der Waals surface area contributed by atoms with Gasteiger partial charge in [-0.25, -0.2) is 8.78 Å². The van der Waals surface area contributed by atoms with Gasteiger partial charge in [-0.3, -0.25) is 4.79 Å². The first-order valence-electron chi connectivity index (χ1n) is 6.55. The number of rotatable bonds is 5. The van der Waals surface area contributed by atoms with Gasteiger partial charge in [-0.1, -0.05) is 12.1 Å². The molecule has 0 aromatic heterocycles. The molecule has 0 heterocycles. The summed E-state index contributed by atoms with van der Waals surface area (Å²) in [6.07, 6.45) is -0.288. The summed E-state index contributed by atoms with van der Waals surface area (Å²) in [6, 6.07) is 8.44. The maximum Gasteiger partial charge on any atom is 0.228 e. The zero-order valence-corrected chi connectivity index (χ0v) is 11.9. The Hall–Kier alpha value is -2.47. The average Bonchev–Trinajstić information content (AvgIpc) is 2.51. The maximum absolute atomic E-state index is 13.5. The van der Waals surface area contributed by atoms with Crippen molar-refractivity contribution < 1.29 is 23.4 Å². The molecule has 6 heteroatoms. The van der Waals surface area contributed by atoms with E-state index >= 15 is 0 Å². The summed E-state index contributed by atoms with van der Waals surface area (Å²) in [5.74, 6) is -2.00. The zero-order valence-electron chi connectivity index (χ0n) is 11.9. The Morgan fingerprint density at radius 3 is 2.68 bits per heavy atom. The molecule has 2 rings (SSSR count). The summed E-state index contributed by atoms with van der Waals surface area (Å²) in [7, 11) is 1.47. The van der Waals surface area contributed by atoms with E-state index in [9.17, 15) is 18.7 Å². The van der Waals surface area contributed by atoms with Crippen LogP contribution < -0.4 is 10.1 Å². The van der Waals surface area contributed by atoms with Crippen LogP contribution in [0.4, 0.5) is 14.5 Å². The Balaban J connectivity index is 2.10. The number of carbonyl (C=O) groups is 1. The first-order chi connectivity index (χ1) is 10.5. The van der Waals surface area contributed by atoms with Gasteiger partial charge in [-0.15, -0.1) is 0 Å². The van der Waals surface area contributed by atoms with Crippen LogP contribution in [0.3, 0.4) is 0 Å². The van der Waals surface area contributed by atoms with E-state index in [0.717, 1.165) is 6.07 Å². The summed E-state index contributed by atoms with van der Waals surface area (Å²) in [4.78, 5) is 11.9. The van der Waals surface area contributed by atoms with Gasteiger partial charge in [-0.2, -0.15) is 0 Å². The lowest BCUT2D eigenvalue weighted by Gasteiger charge is -2.10. The molecule has 0 aliphatic carbocycles. The molecule has 2 aromatic carbocycles. The molecule has 0 bridgehead atoms. The van der Waals surface area contributed by atoms with E-state index in [-0.39, 0.29) is 18.6 Å². The first-order valence-corrected chi connectivity index (χ1v) is 6.55. The van der Waals surface area contributed by atoms with Crippen LogP contribution in [0, 0.1) is 11.6 Å². The molecule has 2 N–H and O–H groups in total. The van der Waals surface area contributed by atoms with Crippen LogP contribution >= 0.6 is 0 Å². The molecule has 0 atom stereocenters. The molecule has 0 saturated heterocycles. The van der Waals surface area contributed by atoms with E-state index in [1.807, 2.05) is 0 Å². The SMILES string of the molecule is COc1ccc(NC(=O)Cc2cccc(F)c2F)cc1CO. The highest BCUT2D eigenvalue weighted by molar-refractivity contribution is 5.92. The number of nitrogens with one attached hydrogen (secondary N) is 1. The number of methoxy groups -OCH3 is 1. The molecular formula is C16H15F2NO3. The molecule has 2 aromatic rings. The highest BCUT2D eigenvalue weighted by Crippen LogP contribution is 2.23. The van der Waals surface area contributed by atoms with Crippen molar-refractivity contribution in [1.29, 1.82) is 0 Å². The fourth-order valence-corrected chi connectivity index (χ4v) is 2.04. The van der Waals surface area contributed by atoms with Crippen molar-refractivity contribution in [3.05, 3.63) is 59.2 Å². The van der Waals surface area contributed by atoms with Gasteiger partial charge in [0.2, 0.25) is 5.91 Å². The molecule has 0 spiro atoms. The minimum Gasteiger partial charge on any atom is -0.496 e. The maximum atomic E-state index is 13.5. The van der Waals surface area contributed by atoms with Crippen LogP contribution in [0.5, 0.6) is 5.75 Å². The Bertz CT molecular complexity index is 689. The number of hydrogen-bond acceptors (Lipinski definition) is 3.